The molecule has 2 rings (SSSR count). The van der Waals surface area contributed by atoms with Gasteiger partial charge in [0.15, 0.2) is 0 Å². The van der Waals surface area contributed by atoms with Gasteiger partial charge in [-0.25, -0.2) is 9.07 Å². The first-order valence-corrected chi connectivity index (χ1v) is 7.06. The molecular formula is C14H16BrFN2. The predicted octanol–water partition coefficient (Wildman–Crippen LogP) is 4.34. The summed E-state index contributed by atoms with van der Waals surface area (Å²) in [5.74, 6) is 0.153. The summed E-state index contributed by atoms with van der Waals surface area (Å²) < 4.78 is 15.1. The fraction of sp³-hybridized carbons (Fsp3) is 0.357. The molecule has 96 valence electrons. The van der Waals surface area contributed by atoms with E-state index in [2.05, 4.69) is 34.9 Å². The Labute approximate surface area is 115 Å². The molecule has 4 heteroatoms. The Balaban J connectivity index is 2.60. The van der Waals surface area contributed by atoms with Crippen LogP contribution in [-0.4, -0.2) is 9.78 Å². The van der Waals surface area contributed by atoms with Gasteiger partial charge in [-0.2, -0.15) is 5.10 Å². The van der Waals surface area contributed by atoms with Crippen LogP contribution in [0.2, 0.25) is 0 Å². The minimum Gasteiger partial charge on any atom is -0.237 e. The summed E-state index contributed by atoms with van der Waals surface area (Å²) in [6.07, 6.45) is 1.87. The molecule has 2 nitrogen and oxygen atoms in total. The van der Waals surface area contributed by atoms with E-state index in [-0.39, 0.29) is 5.82 Å². The van der Waals surface area contributed by atoms with Crippen molar-refractivity contribution in [1.82, 2.24) is 9.78 Å². The summed E-state index contributed by atoms with van der Waals surface area (Å²) in [7, 11) is 0. The number of aryl methyl sites for hydroxylation is 1. The number of rotatable bonds is 3. The molecule has 0 atom stereocenters. The van der Waals surface area contributed by atoms with Crippen molar-refractivity contribution in [3.8, 4) is 5.69 Å². The van der Waals surface area contributed by atoms with E-state index in [0.717, 1.165) is 16.6 Å². The highest BCUT2D eigenvalue weighted by molar-refractivity contribution is 9.08. The summed E-state index contributed by atoms with van der Waals surface area (Å²) in [4.78, 5) is 0. The Bertz CT molecular complexity index is 561. The van der Waals surface area contributed by atoms with E-state index in [4.69, 9.17) is 0 Å². The van der Waals surface area contributed by atoms with Gasteiger partial charge in [-0.05, 0) is 36.6 Å². The summed E-state index contributed by atoms with van der Waals surface area (Å²) in [5, 5.41) is 5.21. The number of benzene rings is 1. The van der Waals surface area contributed by atoms with Gasteiger partial charge in [0.25, 0.3) is 0 Å². The molecule has 0 saturated carbocycles. The zero-order valence-electron chi connectivity index (χ0n) is 10.7. The summed E-state index contributed by atoms with van der Waals surface area (Å²) in [5.41, 5.74) is 4.17. The number of hydrogen-bond acceptors (Lipinski definition) is 1. The van der Waals surface area contributed by atoms with Crippen molar-refractivity contribution in [3.63, 3.8) is 0 Å². The predicted molar refractivity (Wildman–Crippen MR) is 75.0 cm³/mol. The largest absolute Gasteiger partial charge is 0.237 e. The maximum Gasteiger partial charge on any atom is 0.123 e. The first kappa shape index (κ1) is 13.3. The minimum atomic E-state index is -0.213. The van der Waals surface area contributed by atoms with Crippen LogP contribution in [0.4, 0.5) is 4.39 Å². The third kappa shape index (κ3) is 2.34. The number of alkyl halides is 1. The molecule has 1 aromatic carbocycles. The van der Waals surface area contributed by atoms with Gasteiger partial charge < -0.3 is 0 Å². The molecule has 0 saturated heterocycles. The lowest BCUT2D eigenvalue weighted by Gasteiger charge is -2.14. The molecule has 0 aliphatic rings. The smallest absolute Gasteiger partial charge is 0.123 e. The van der Waals surface area contributed by atoms with Crippen molar-refractivity contribution in [2.24, 2.45) is 0 Å². The van der Waals surface area contributed by atoms with Gasteiger partial charge in [0.2, 0.25) is 0 Å². The molecule has 0 unspecified atom stereocenters. The molecule has 0 aliphatic carbocycles. The number of hydrogen-bond donors (Lipinski definition) is 0. The number of halogens is 2. The monoisotopic (exact) mass is 310 g/mol. The third-order valence-electron chi connectivity index (χ3n) is 2.96. The zero-order chi connectivity index (χ0) is 13.3. The molecule has 0 radical (unpaired) electrons. The first-order chi connectivity index (χ1) is 8.54. The highest BCUT2D eigenvalue weighted by Gasteiger charge is 2.15. The molecule has 0 fully saturated rings. The zero-order valence-corrected chi connectivity index (χ0v) is 12.3. The van der Waals surface area contributed by atoms with Gasteiger partial charge in [0.1, 0.15) is 5.82 Å². The molecule has 0 aliphatic heterocycles. The molecule has 1 heterocycles. The molecule has 18 heavy (non-hydrogen) atoms. The van der Waals surface area contributed by atoms with E-state index in [1.807, 2.05) is 17.8 Å². The average Bonchev–Trinajstić information content (AvgIpc) is 2.72. The fourth-order valence-electron chi connectivity index (χ4n) is 2.16. The van der Waals surface area contributed by atoms with Crippen LogP contribution < -0.4 is 0 Å². The van der Waals surface area contributed by atoms with Crippen LogP contribution in [0, 0.1) is 12.7 Å². The normalized spacial score (nSPS) is 11.2. The van der Waals surface area contributed by atoms with Crippen molar-refractivity contribution in [3.05, 3.63) is 47.0 Å². The van der Waals surface area contributed by atoms with Crippen molar-refractivity contribution in [1.29, 1.82) is 0 Å². The van der Waals surface area contributed by atoms with Crippen LogP contribution in [0.15, 0.2) is 24.4 Å². The van der Waals surface area contributed by atoms with Crippen molar-refractivity contribution < 1.29 is 4.39 Å². The van der Waals surface area contributed by atoms with E-state index in [1.165, 1.54) is 23.4 Å². The van der Waals surface area contributed by atoms with E-state index in [0.29, 0.717) is 5.92 Å². The average molecular weight is 311 g/mol. The molecule has 0 amide bonds. The fourth-order valence-corrected chi connectivity index (χ4v) is 2.59. The van der Waals surface area contributed by atoms with E-state index in [9.17, 15) is 4.39 Å². The Morgan fingerprint density at radius 2 is 2.11 bits per heavy atom. The Kier molecular flexibility index (Phi) is 3.85. The minimum absolute atomic E-state index is 0.213. The Morgan fingerprint density at radius 3 is 2.67 bits per heavy atom. The standard InChI is InChI=1S/C14H16BrFN2/c1-9(2)14-11(7-15)8-17-18(14)13-5-4-12(16)6-10(13)3/h4-6,8-9H,7H2,1-3H3. The first-order valence-electron chi connectivity index (χ1n) is 5.94. The van der Waals surface area contributed by atoms with Crippen molar-refractivity contribution in [2.75, 3.05) is 0 Å². The Morgan fingerprint density at radius 1 is 1.39 bits per heavy atom. The Hall–Kier alpha value is -1.16. The van der Waals surface area contributed by atoms with Crippen LogP contribution in [-0.2, 0) is 5.33 Å². The molecule has 0 bridgehead atoms. The second kappa shape index (κ2) is 5.22. The third-order valence-corrected chi connectivity index (χ3v) is 3.57. The lowest BCUT2D eigenvalue weighted by molar-refractivity contribution is 0.624. The van der Waals surface area contributed by atoms with Gasteiger partial charge in [-0.15, -0.1) is 0 Å². The van der Waals surface area contributed by atoms with Crippen molar-refractivity contribution in [2.45, 2.75) is 32.0 Å². The summed E-state index contributed by atoms with van der Waals surface area (Å²) >= 11 is 3.48. The van der Waals surface area contributed by atoms with Crippen LogP contribution in [0.1, 0.15) is 36.6 Å². The molecule has 0 spiro atoms. The van der Waals surface area contributed by atoms with Crippen LogP contribution in [0.25, 0.3) is 5.69 Å². The van der Waals surface area contributed by atoms with Crippen LogP contribution in [0.3, 0.4) is 0 Å². The lowest BCUT2D eigenvalue weighted by atomic mass is 10.1. The summed E-state index contributed by atoms with van der Waals surface area (Å²) in [6, 6.07) is 4.79. The molecule has 0 N–H and O–H groups in total. The second-order valence-electron chi connectivity index (χ2n) is 4.69. The van der Waals surface area contributed by atoms with Crippen molar-refractivity contribution >= 4 is 15.9 Å². The van der Waals surface area contributed by atoms with E-state index in [1.54, 1.807) is 6.07 Å². The SMILES string of the molecule is Cc1cc(F)ccc1-n1ncc(CBr)c1C(C)C. The maximum absolute atomic E-state index is 13.2. The second-order valence-corrected chi connectivity index (χ2v) is 5.25. The van der Waals surface area contributed by atoms with Gasteiger partial charge in [0, 0.05) is 10.9 Å². The highest BCUT2D eigenvalue weighted by Crippen LogP contribution is 2.26. The van der Waals surface area contributed by atoms with Gasteiger partial charge in [0.05, 0.1) is 17.6 Å². The topological polar surface area (TPSA) is 17.8 Å². The quantitative estimate of drug-likeness (QED) is 0.771. The number of aromatic nitrogens is 2. The molecule has 1 aromatic heterocycles. The van der Waals surface area contributed by atoms with Gasteiger partial charge >= 0.3 is 0 Å². The lowest BCUT2D eigenvalue weighted by Crippen LogP contribution is -2.07. The molecular weight excluding hydrogens is 295 g/mol. The van der Waals surface area contributed by atoms with E-state index >= 15 is 0 Å². The van der Waals surface area contributed by atoms with Crippen LogP contribution >= 0.6 is 15.9 Å². The number of nitrogens with zero attached hydrogens (tertiary/aromatic N) is 2. The maximum atomic E-state index is 13.2. The molecule has 2 aromatic rings. The van der Waals surface area contributed by atoms with Gasteiger partial charge in [-0.3, -0.25) is 0 Å². The van der Waals surface area contributed by atoms with Gasteiger partial charge in [-0.1, -0.05) is 29.8 Å². The van der Waals surface area contributed by atoms with Crippen LogP contribution in [0.5, 0.6) is 0 Å². The van der Waals surface area contributed by atoms with E-state index < -0.39 is 0 Å². The highest BCUT2D eigenvalue weighted by atomic mass is 79.9. The summed E-state index contributed by atoms with van der Waals surface area (Å²) in [6.45, 7) is 6.18.